The molecule has 0 aliphatic carbocycles. The first-order chi connectivity index (χ1) is 17.5. The van der Waals surface area contributed by atoms with Crippen molar-refractivity contribution in [2.75, 3.05) is 18.3 Å². The van der Waals surface area contributed by atoms with Crippen LogP contribution in [0.5, 0.6) is 11.5 Å². The zero-order valence-corrected chi connectivity index (χ0v) is 19.2. The number of carbonyl (C=O) groups excluding carboxylic acids is 1. The zero-order valence-electron chi connectivity index (χ0n) is 19.2. The number of anilines is 2. The quantitative estimate of drug-likeness (QED) is 0.359. The third-order valence-corrected chi connectivity index (χ3v) is 5.85. The number of aliphatic hydroxyl groups excluding tert-OH is 1. The maximum absolute atomic E-state index is 13.1. The van der Waals surface area contributed by atoms with Gasteiger partial charge in [0.1, 0.15) is 35.6 Å². The summed E-state index contributed by atoms with van der Waals surface area (Å²) in [5, 5.41) is 9.18. The number of nitrogens with two attached hydrogens (primary N) is 1. The van der Waals surface area contributed by atoms with Crippen molar-refractivity contribution >= 4 is 17.4 Å². The van der Waals surface area contributed by atoms with Gasteiger partial charge in [-0.15, -0.1) is 0 Å². The third-order valence-electron chi connectivity index (χ3n) is 5.85. The number of amides is 1. The highest BCUT2D eigenvalue weighted by molar-refractivity contribution is 5.92. The Morgan fingerprint density at radius 2 is 1.72 bits per heavy atom. The molecular formula is C27H23FN4O4. The summed E-state index contributed by atoms with van der Waals surface area (Å²) >= 11 is 0. The summed E-state index contributed by atoms with van der Waals surface area (Å²) in [5.41, 5.74) is 8.38. The summed E-state index contributed by atoms with van der Waals surface area (Å²) in [6.07, 6.45) is 0.691. The van der Waals surface area contributed by atoms with E-state index in [1.165, 1.54) is 12.1 Å². The van der Waals surface area contributed by atoms with Crippen LogP contribution in [-0.4, -0.2) is 40.4 Å². The molecule has 9 heteroatoms. The molecule has 1 aliphatic rings. The molecule has 4 aromatic rings. The number of primary amides is 1. The van der Waals surface area contributed by atoms with Crippen molar-refractivity contribution in [2.45, 2.75) is 12.5 Å². The summed E-state index contributed by atoms with van der Waals surface area (Å²) in [6.45, 7) is -0.125. The Morgan fingerprint density at radius 1 is 1.03 bits per heavy atom. The molecule has 1 aliphatic heterocycles. The molecule has 0 saturated heterocycles. The van der Waals surface area contributed by atoms with Crippen LogP contribution in [0, 0.1) is 5.82 Å². The van der Waals surface area contributed by atoms with Crippen LogP contribution in [0.2, 0.25) is 0 Å². The lowest BCUT2D eigenvalue weighted by atomic mass is 10.1. The van der Waals surface area contributed by atoms with E-state index in [0.717, 1.165) is 11.3 Å². The van der Waals surface area contributed by atoms with Crippen LogP contribution in [0.1, 0.15) is 16.1 Å². The Hall–Kier alpha value is -4.34. The van der Waals surface area contributed by atoms with E-state index in [9.17, 15) is 14.3 Å². The first-order valence-corrected chi connectivity index (χ1v) is 11.3. The molecule has 0 saturated carbocycles. The van der Waals surface area contributed by atoms with E-state index in [-0.39, 0.29) is 24.2 Å². The minimum absolute atomic E-state index is 0.0767. The van der Waals surface area contributed by atoms with E-state index in [1.54, 1.807) is 42.5 Å². The van der Waals surface area contributed by atoms with Crippen molar-refractivity contribution < 1.29 is 23.8 Å². The lowest BCUT2D eigenvalue weighted by molar-refractivity contribution is -0.00633. The van der Waals surface area contributed by atoms with Gasteiger partial charge in [0.2, 0.25) is 0 Å². The molecule has 0 radical (unpaired) electrons. The SMILES string of the molecule is NC(=O)c1cc(N2c3ccccc3CC2COCO)nc(-c2ccc(Oc3ccc(F)cc3)cc2)n1. The second kappa shape index (κ2) is 10.1. The van der Waals surface area contributed by atoms with Gasteiger partial charge in [-0.3, -0.25) is 4.79 Å². The molecule has 0 spiro atoms. The monoisotopic (exact) mass is 486 g/mol. The molecule has 182 valence electrons. The summed E-state index contributed by atoms with van der Waals surface area (Å²) in [4.78, 5) is 23.3. The van der Waals surface area contributed by atoms with Gasteiger partial charge in [0.15, 0.2) is 5.82 Å². The predicted octanol–water partition coefficient (Wildman–Crippen LogP) is 4.20. The fourth-order valence-corrected chi connectivity index (χ4v) is 4.22. The molecule has 1 atom stereocenters. The van der Waals surface area contributed by atoms with Crippen LogP contribution in [-0.2, 0) is 11.2 Å². The molecule has 0 bridgehead atoms. The van der Waals surface area contributed by atoms with Crippen molar-refractivity contribution in [3.8, 4) is 22.9 Å². The fraction of sp³-hybridized carbons (Fsp3) is 0.148. The highest BCUT2D eigenvalue weighted by Crippen LogP contribution is 2.38. The number of nitrogens with zero attached hydrogens (tertiary/aromatic N) is 3. The van der Waals surface area contributed by atoms with Crippen molar-refractivity contribution in [1.82, 2.24) is 9.97 Å². The van der Waals surface area contributed by atoms with Gasteiger partial charge in [-0.25, -0.2) is 14.4 Å². The van der Waals surface area contributed by atoms with Crippen LogP contribution < -0.4 is 15.4 Å². The molecule has 0 fully saturated rings. The molecule has 1 amide bonds. The number of benzene rings is 3. The lowest BCUT2D eigenvalue weighted by Gasteiger charge is -2.27. The first-order valence-electron chi connectivity index (χ1n) is 11.3. The lowest BCUT2D eigenvalue weighted by Crippen LogP contribution is -2.33. The standard InChI is InChI=1S/C27H23FN4O4/c28-19-7-11-22(12-8-19)36-21-9-5-17(6-10-21)27-30-23(26(29)34)14-25(31-27)32-20(15-35-16-33)13-18-3-1-2-4-24(18)32/h1-12,14,20,33H,13,15-16H2,(H2,29,34). The normalized spacial score (nSPS) is 14.5. The molecule has 2 heterocycles. The van der Waals surface area contributed by atoms with Gasteiger partial charge in [0.25, 0.3) is 5.91 Å². The molecular weight excluding hydrogens is 463 g/mol. The number of ether oxygens (including phenoxy) is 2. The smallest absolute Gasteiger partial charge is 0.267 e. The Morgan fingerprint density at radius 3 is 2.42 bits per heavy atom. The molecule has 1 aromatic heterocycles. The molecule has 1 unspecified atom stereocenters. The van der Waals surface area contributed by atoms with Crippen molar-refractivity contribution in [3.05, 3.63) is 95.9 Å². The Labute approximate surface area is 206 Å². The van der Waals surface area contributed by atoms with E-state index >= 15 is 0 Å². The highest BCUT2D eigenvalue weighted by Gasteiger charge is 2.32. The van der Waals surface area contributed by atoms with Gasteiger partial charge in [-0.2, -0.15) is 0 Å². The summed E-state index contributed by atoms with van der Waals surface area (Å²) < 4.78 is 24.2. The number of fused-ring (bicyclic) bond motifs is 1. The molecule has 5 rings (SSSR count). The second-order valence-corrected chi connectivity index (χ2v) is 8.24. The average molecular weight is 487 g/mol. The molecule has 3 N–H and O–H groups in total. The molecule has 3 aromatic carbocycles. The average Bonchev–Trinajstić information content (AvgIpc) is 3.27. The van der Waals surface area contributed by atoms with Gasteiger partial charge in [0.05, 0.1) is 12.6 Å². The Balaban J connectivity index is 1.49. The number of para-hydroxylation sites is 1. The fourth-order valence-electron chi connectivity index (χ4n) is 4.22. The van der Waals surface area contributed by atoms with Crippen LogP contribution in [0.15, 0.2) is 78.9 Å². The molecule has 36 heavy (non-hydrogen) atoms. The van der Waals surface area contributed by atoms with Gasteiger partial charge in [0, 0.05) is 17.3 Å². The first kappa shape index (κ1) is 23.4. The van der Waals surface area contributed by atoms with E-state index in [2.05, 4.69) is 4.98 Å². The summed E-state index contributed by atoms with van der Waals surface area (Å²) in [7, 11) is 0. The number of carbonyl (C=O) groups is 1. The highest BCUT2D eigenvalue weighted by atomic mass is 19.1. The summed E-state index contributed by atoms with van der Waals surface area (Å²) in [5.74, 6) is 0.851. The minimum Gasteiger partial charge on any atom is -0.457 e. The van der Waals surface area contributed by atoms with Crippen LogP contribution >= 0.6 is 0 Å². The van der Waals surface area contributed by atoms with Crippen LogP contribution in [0.25, 0.3) is 11.4 Å². The van der Waals surface area contributed by atoms with Crippen molar-refractivity contribution in [1.29, 1.82) is 0 Å². The summed E-state index contributed by atoms with van der Waals surface area (Å²) in [6, 6.07) is 22.1. The van der Waals surface area contributed by atoms with E-state index in [1.807, 2.05) is 29.2 Å². The maximum Gasteiger partial charge on any atom is 0.267 e. The van der Waals surface area contributed by atoms with E-state index in [0.29, 0.717) is 35.1 Å². The second-order valence-electron chi connectivity index (χ2n) is 8.24. The van der Waals surface area contributed by atoms with Crippen LogP contribution in [0.3, 0.4) is 0 Å². The maximum atomic E-state index is 13.1. The van der Waals surface area contributed by atoms with Crippen molar-refractivity contribution in [2.24, 2.45) is 5.73 Å². The van der Waals surface area contributed by atoms with E-state index < -0.39 is 12.7 Å². The minimum atomic E-state index is -0.674. The van der Waals surface area contributed by atoms with Gasteiger partial charge in [-0.1, -0.05) is 18.2 Å². The topological polar surface area (TPSA) is 111 Å². The van der Waals surface area contributed by atoms with Gasteiger partial charge >= 0.3 is 0 Å². The Kier molecular flexibility index (Phi) is 6.57. The predicted molar refractivity (Wildman–Crippen MR) is 132 cm³/mol. The number of hydrogen-bond acceptors (Lipinski definition) is 7. The number of hydrogen-bond donors (Lipinski definition) is 2. The van der Waals surface area contributed by atoms with Crippen LogP contribution in [0.4, 0.5) is 15.9 Å². The number of rotatable bonds is 8. The van der Waals surface area contributed by atoms with E-state index in [4.69, 9.17) is 20.2 Å². The molecule has 8 nitrogen and oxygen atoms in total. The van der Waals surface area contributed by atoms with Gasteiger partial charge < -0.3 is 25.2 Å². The van der Waals surface area contributed by atoms with Gasteiger partial charge in [-0.05, 0) is 66.6 Å². The Bertz CT molecular complexity index is 1380. The third kappa shape index (κ3) is 4.88. The number of aromatic nitrogens is 2. The number of aliphatic hydroxyl groups is 1. The largest absolute Gasteiger partial charge is 0.457 e. The van der Waals surface area contributed by atoms with Crippen molar-refractivity contribution in [3.63, 3.8) is 0 Å². The zero-order chi connectivity index (χ0) is 25.1. The number of halogens is 1.